The van der Waals surface area contributed by atoms with Crippen LogP contribution in [0.25, 0.3) is 11.1 Å². The second-order valence-corrected chi connectivity index (χ2v) is 4.28. The molecule has 86 valence electrons. The van der Waals surface area contributed by atoms with Crippen molar-refractivity contribution in [3.63, 3.8) is 0 Å². The zero-order valence-corrected chi connectivity index (χ0v) is 10.8. The molecule has 0 aliphatic carbocycles. The normalized spacial score (nSPS) is 10.0. The van der Waals surface area contributed by atoms with Gasteiger partial charge in [-0.05, 0) is 29.8 Å². The number of carbonyl (C=O) groups is 1. The van der Waals surface area contributed by atoms with Crippen LogP contribution in [0.15, 0.2) is 47.2 Å². The Bertz CT molecular complexity index is 540. The fourth-order valence-electron chi connectivity index (χ4n) is 1.51. The second-order valence-electron chi connectivity index (χ2n) is 3.43. The Labute approximate surface area is 108 Å². The number of methoxy groups -OCH3 is 1. The van der Waals surface area contributed by atoms with E-state index < -0.39 is 0 Å². The number of pyridine rings is 1. The smallest absolute Gasteiger partial charge is 0.337 e. The van der Waals surface area contributed by atoms with Crippen LogP contribution in [0.1, 0.15) is 10.4 Å². The first-order valence-corrected chi connectivity index (χ1v) is 5.80. The summed E-state index contributed by atoms with van der Waals surface area (Å²) in [6, 6.07) is 9.12. The summed E-state index contributed by atoms with van der Waals surface area (Å²) in [6.45, 7) is 0. The van der Waals surface area contributed by atoms with E-state index in [4.69, 9.17) is 4.74 Å². The van der Waals surface area contributed by atoms with Crippen LogP contribution >= 0.6 is 15.9 Å². The number of ether oxygens (including phenoxy) is 1. The molecule has 0 amide bonds. The maximum absolute atomic E-state index is 11.5. The van der Waals surface area contributed by atoms with E-state index in [2.05, 4.69) is 20.9 Å². The van der Waals surface area contributed by atoms with Gasteiger partial charge >= 0.3 is 5.97 Å². The standard InChI is InChI=1S/C13H10BrNO2/c1-17-13(16)9-4-5-12(14)11(7-9)10-3-2-6-15-8-10/h2-8H,1H3. The van der Waals surface area contributed by atoms with Gasteiger partial charge in [-0.2, -0.15) is 0 Å². The third-order valence-electron chi connectivity index (χ3n) is 2.36. The average molecular weight is 292 g/mol. The number of rotatable bonds is 2. The van der Waals surface area contributed by atoms with Crippen molar-refractivity contribution in [2.45, 2.75) is 0 Å². The molecule has 1 aromatic heterocycles. The van der Waals surface area contributed by atoms with Crippen molar-refractivity contribution >= 4 is 21.9 Å². The monoisotopic (exact) mass is 291 g/mol. The van der Waals surface area contributed by atoms with E-state index in [0.29, 0.717) is 5.56 Å². The molecular formula is C13H10BrNO2. The van der Waals surface area contributed by atoms with Gasteiger partial charge < -0.3 is 4.74 Å². The van der Waals surface area contributed by atoms with Gasteiger partial charge in [-0.15, -0.1) is 0 Å². The second kappa shape index (κ2) is 5.10. The highest BCUT2D eigenvalue weighted by Crippen LogP contribution is 2.28. The molecule has 0 aliphatic rings. The summed E-state index contributed by atoms with van der Waals surface area (Å²) < 4.78 is 5.61. The molecule has 4 heteroatoms. The summed E-state index contributed by atoms with van der Waals surface area (Å²) in [5, 5.41) is 0. The quantitative estimate of drug-likeness (QED) is 0.797. The van der Waals surface area contributed by atoms with Gasteiger partial charge in [0, 0.05) is 22.4 Å². The number of esters is 1. The number of halogens is 1. The molecule has 1 heterocycles. The van der Waals surface area contributed by atoms with Gasteiger partial charge in [0.15, 0.2) is 0 Å². The van der Waals surface area contributed by atoms with Crippen LogP contribution in [-0.2, 0) is 4.74 Å². The molecule has 0 bridgehead atoms. The van der Waals surface area contributed by atoms with Crippen molar-refractivity contribution in [1.29, 1.82) is 0 Å². The van der Waals surface area contributed by atoms with E-state index in [1.54, 1.807) is 24.5 Å². The molecule has 0 unspecified atom stereocenters. The van der Waals surface area contributed by atoms with Crippen molar-refractivity contribution in [1.82, 2.24) is 4.98 Å². The number of carbonyl (C=O) groups excluding carboxylic acids is 1. The molecule has 2 rings (SSSR count). The summed E-state index contributed by atoms with van der Waals surface area (Å²) in [7, 11) is 1.37. The molecular weight excluding hydrogens is 282 g/mol. The lowest BCUT2D eigenvalue weighted by atomic mass is 10.1. The number of aromatic nitrogens is 1. The van der Waals surface area contributed by atoms with E-state index in [1.165, 1.54) is 7.11 Å². The lowest BCUT2D eigenvalue weighted by molar-refractivity contribution is 0.0601. The lowest BCUT2D eigenvalue weighted by Crippen LogP contribution is -2.01. The van der Waals surface area contributed by atoms with Crippen LogP contribution in [0.5, 0.6) is 0 Å². The third-order valence-corrected chi connectivity index (χ3v) is 3.05. The first kappa shape index (κ1) is 11.8. The Morgan fingerprint density at radius 3 is 2.82 bits per heavy atom. The van der Waals surface area contributed by atoms with Crippen molar-refractivity contribution < 1.29 is 9.53 Å². The Morgan fingerprint density at radius 2 is 2.18 bits per heavy atom. The first-order valence-electron chi connectivity index (χ1n) is 5.00. The highest BCUT2D eigenvalue weighted by atomic mass is 79.9. The fourth-order valence-corrected chi connectivity index (χ4v) is 1.99. The molecule has 0 spiro atoms. The highest BCUT2D eigenvalue weighted by Gasteiger charge is 2.09. The number of hydrogen-bond donors (Lipinski definition) is 0. The lowest BCUT2D eigenvalue weighted by Gasteiger charge is -2.06. The van der Waals surface area contributed by atoms with Gasteiger partial charge in [0.2, 0.25) is 0 Å². The van der Waals surface area contributed by atoms with Crippen molar-refractivity contribution in [2.24, 2.45) is 0 Å². The van der Waals surface area contributed by atoms with E-state index in [1.807, 2.05) is 18.2 Å². The summed E-state index contributed by atoms with van der Waals surface area (Å²) in [5.41, 5.74) is 2.39. The molecule has 3 nitrogen and oxygen atoms in total. The van der Waals surface area contributed by atoms with E-state index in [-0.39, 0.29) is 5.97 Å². The molecule has 17 heavy (non-hydrogen) atoms. The van der Waals surface area contributed by atoms with Crippen LogP contribution in [0, 0.1) is 0 Å². The van der Waals surface area contributed by atoms with Crippen molar-refractivity contribution in [3.05, 3.63) is 52.8 Å². The fraction of sp³-hybridized carbons (Fsp3) is 0.0769. The zero-order chi connectivity index (χ0) is 12.3. The van der Waals surface area contributed by atoms with Gasteiger partial charge in [0.25, 0.3) is 0 Å². The van der Waals surface area contributed by atoms with Crippen molar-refractivity contribution in [2.75, 3.05) is 7.11 Å². The van der Waals surface area contributed by atoms with E-state index in [0.717, 1.165) is 15.6 Å². The SMILES string of the molecule is COC(=O)c1ccc(Br)c(-c2cccnc2)c1. The van der Waals surface area contributed by atoms with Gasteiger partial charge in [0.1, 0.15) is 0 Å². The molecule has 0 radical (unpaired) electrons. The van der Waals surface area contributed by atoms with Crippen molar-refractivity contribution in [3.8, 4) is 11.1 Å². The zero-order valence-electron chi connectivity index (χ0n) is 9.18. The van der Waals surface area contributed by atoms with Gasteiger partial charge in [-0.25, -0.2) is 4.79 Å². The Balaban J connectivity index is 2.50. The maximum atomic E-state index is 11.5. The molecule has 2 aromatic rings. The largest absolute Gasteiger partial charge is 0.465 e. The Kier molecular flexibility index (Phi) is 3.54. The molecule has 0 aliphatic heterocycles. The highest BCUT2D eigenvalue weighted by molar-refractivity contribution is 9.10. The van der Waals surface area contributed by atoms with Gasteiger partial charge in [0.05, 0.1) is 12.7 Å². The molecule has 0 N–H and O–H groups in total. The molecule has 0 saturated carbocycles. The van der Waals surface area contributed by atoms with E-state index >= 15 is 0 Å². The Morgan fingerprint density at radius 1 is 1.35 bits per heavy atom. The number of benzene rings is 1. The minimum absolute atomic E-state index is 0.345. The van der Waals surface area contributed by atoms with Crippen LogP contribution < -0.4 is 0 Å². The van der Waals surface area contributed by atoms with E-state index in [9.17, 15) is 4.79 Å². The summed E-state index contributed by atoms with van der Waals surface area (Å²) in [4.78, 5) is 15.5. The topological polar surface area (TPSA) is 39.2 Å². The maximum Gasteiger partial charge on any atom is 0.337 e. The predicted octanol–water partition coefficient (Wildman–Crippen LogP) is 3.30. The minimum atomic E-state index is -0.345. The number of nitrogens with zero attached hydrogens (tertiary/aromatic N) is 1. The Hall–Kier alpha value is -1.68. The third kappa shape index (κ3) is 2.53. The predicted molar refractivity (Wildman–Crippen MR) is 68.7 cm³/mol. The summed E-state index contributed by atoms with van der Waals surface area (Å²) in [6.07, 6.45) is 3.46. The number of hydrogen-bond acceptors (Lipinski definition) is 3. The molecule has 0 saturated heterocycles. The minimum Gasteiger partial charge on any atom is -0.465 e. The average Bonchev–Trinajstić information content (AvgIpc) is 2.39. The van der Waals surface area contributed by atoms with Gasteiger partial charge in [-0.1, -0.05) is 22.0 Å². The molecule has 0 fully saturated rings. The van der Waals surface area contributed by atoms with Gasteiger partial charge in [-0.3, -0.25) is 4.98 Å². The summed E-state index contributed by atoms with van der Waals surface area (Å²) >= 11 is 3.46. The summed E-state index contributed by atoms with van der Waals surface area (Å²) in [5.74, 6) is -0.345. The van der Waals surface area contributed by atoms with Crippen LogP contribution in [-0.4, -0.2) is 18.1 Å². The molecule has 1 aromatic carbocycles. The first-order chi connectivity index (χ1) is 8.22. The van der Waals surface area contributed by atoms with Crippen LogP contribution in [0.3, 0.4) is 0 Å². The molecule has 0 atom stereocenters. The van der Waals surface area contributed by atoms with Crippen LogP contribution in [0.2, 0.25) is 0 Å². The van der Waals surface area contributed by atoms with Crippen LogP contribution in [0.4, 0.5) is 0 Å².